The molecule has 0 amide bonds. The molecule has 0 fully saturated rings. The van der Waals surface area contributed by atoms with Crippen molar-refractivity contribution in [3.63, 3.8) is 0 Å². The lowest BCUT2D eigenvalue weighted by atomic mass is 10.3. The minimum atomic E-state index is 0.568. The van der Waals surface area contributed by atoms with Crippen molar-refractivity contribution < 1.29 is 0 Å². The van der Waals surface area contributed by atoms with Gasteiger partial charge in [0, 0.05) is 19.3 Å². The molecule has 0 spiro atoms. The van der Waals surface area contributed by atoms with Gasteiger partial charge in [-0.2, -0.15) is 0 Å². The predicted molar refractivity (Wildman–Crippen MR) is 70.6 cm³/mol. The molecule has 0 unspecified atom stereocenters. The molecule has 3 N–H and O–H groups in total. The molecular formula is C10H11BrN4S. The Balaban J connectivity index is 2.22. The highest BCUT2D eigenvalue weighted by molar-refractivity contribution is 9.11. The maximum Gasteiger partial charge on any atom is 0.223 e. The minimum Gasteiger partial charge on any atom is -0.353 e. The van der Waals surface area contributed by atoms with Crippen molar-refractivity contribution in [2.45, 2.75) is 0 Å². The van der Waals surface area contributed by atoms with E-state index < -0.39 is 0 Å². The fourth-order valence-corrected chi connectivity index (χ4v) is 2.57. The van der Waals surface area contributed by atoms with Gasteiger partial charge in [-0.3, -0.25) is 0 Å². The second-order valence-corrected chi connectivity index (χ2v) is 5.55. The van der Waals surface area contributed by atoms with Gasteiger partial charge in [-0.25, -0.2) is 9.97 Å². The lowest BCUT2D eigenvalue weighted by molar-refractivity contribution is 0.991. The summed E-state index contributed by atoms with van der Waals surface area (Å²) in [5.41, 5.74) is 6.33. The number of hydrogen-bond acceptors (Lipinski definition) is 5. The number of aromatic nitrogens is 2. The molecule has 2 aromatic heterocycles. The van der Waals surface area contributed by atoms with Gasteiger partial charge in [0.05, 0.1) is 14.4 Å². The van der Waals surface area contributed by atoms with E-state index in [1.165, 1.54) is 0 Å². The molecule has 0 atom stereocenters. The van der Waals surface area contributed by atoms with Crippen LogP contribution >= 0.6 is 27.3 Å². The van der Waals surface area contributed by atoms with E-state index in [4.69, 9.17) is 5.73 Å². The third kappa shape index (κ3) is 2.78. The summed E-state index contributed by atoms with van der Waals surface area (Å²) in [5.74, 6) is 0.618. The zero-order valence-corrected chi connectivity index (χ0v) is 10.9. The second kappa shape index (κ2) is 5.38. The number of hydrogen-bond donors (Lipinski definition) is 2. The summed E-state index contributed by atoms with van der Waals surface area (Å²) in [6, 6.07) is 5.94. The molecule has 2 heterocycles. The Hall–Kier alpha value is -0.980. The molecule has 0 aliphatic heterocycles. The molecule has 0 saturated heterocycles. The number of nitrogens with one attached hydrogen (secondary N) is 1. The third-order valence-electron chi connectivity index (χ3n) is 1.91. The Morgan fingerprint density at radius 2 is 2.25 bits per heavy atom. The molecule has 4 nitrogen and oxygen atoms in total. The average Bonchev–Trinajstić information content (AvgIpc) is 2.74. The van der Waals surface area contributed by atoms with Crippen molar-refractivity contribution in [1.29, 1.82) is 0 Å². The highest BCUT2D eigenvalue weighted by Gasteiger charge is 2.04. The highest BCUT2D eigenvalue weighted by atomic mass is 79.9. The van der Waals surface area contributed by atoms with Gasteiger partial charge in [-0.1, -0.05) is 0 Å². The Morgan fingerprint density at radius 1 is 1.38 bits per heavy atom. The topological polar surface area (TPSA) is 63.8 Å². The van der Waals surface area contributed by atoms with Crippen LogP contribution in [0.25, 0.3) is 10.6 Å². The van der Waals surface area contributed by atoms with E-state index in [2.05, 4.69) is 31.2 Å². The molecule has 0 radical (unpaired) electrons. The first-order valence-corrected chi connectivity index (χ1v) is 6.43. The number of nitrogens with zero attached hydrogens (tertiary/aromatic N) is 2. The van der Waals surface area contributed by atoms with Crippen LogP contribution < -0.4 is 11.1 Å². The van der Waals surface area contributed by atoms with Crippen molar-refractivity contribution >= 4 is 33.2 Å². The quantitative estimate of drug-likeness (QED) is 0.909. The number of rotatable bonds is 4. The molecule has 2 rings (SSSR count). The van der Waals surface area contributed by atoms with Gasteiger partial charge in [0.15, 0.2) is 0 Å². The van der Waals surface area contributed by atoms with Gasteiger partial charge in [-0.05, 0) is 34.1 Å². The normalized spacial score (nSPS) is 10.4. The summed E-state index contributed by atoms with van der Waals surface area (Å²) < 4.78 is 1.09. The molecule has 0 aliphatic carbocycles. The van der Waals surface area contributed by atoms with Gasteiger partial charge in [0.2, 0.25) is 5.95 Å². The van der Waals surface area contributed by atoms with Crippen LogP contribution in [0.4, 0.5) is 5.95 Å². The molecule has 0 aliphatic rings. The molecule has 6 heteroatoms. The van der Waals surface area contributed by atoms with Crippen LogP contribution in [0.5, 0.6) is 0 Å². The molecule has 0 saturated carbocycles. The van der Waals surface area contributed by atoms with E-state index in [9.17, 15) is 0 Å². The molecule has 84 valence electrons. The maximum absolute atomic E-state index is 5.41. The number of halogens is 1. The molecular weight excluding hydrogens is 288 g/mol. The Kier molecular flexibility index (Phi) is 3.87. The zero-order chi connectivity index (χ0) is 11.4. The van der Waals surface area contributed by atoms with Gasteiger partial charge in [0.1, 0.15) is 0 Å². The molecule has 2 aromatic rings. The fourth-order valence-electron chi connectivity index (χ4n) is 1.22. The van der Waals surface area contributed by atoms with Crippen LogP contribution in [-0.4, -0.2) is 23.1 Å². The first-order chi connectivity index (χ1) is 7.79. The van der Waals surface area contributed by atoms with Crippen LogP contribution in [0, 0.1) is 0 Å². The van der Waals surface area contributed by atoms with Crippen LogP contribution in [0.2, 0.25) is 0 Å². The van der Waals surface area contributed by atoms with Crippen molar-refractivity contribution in [2.75, 3.05) is 18.4 Å². The number of thiophene rings is 1. The summed E-state index contributed by atoms with van der Waals surface area (Å²) in [4.78, 5) is 9.65. The number of nitrogens with two attached hydrogens (primary N) is 1. The van der Waals surface area contributed by atoms with Gasteiger partial charge in [-0.15, -0.1) is 11.3 Å². The van der Waals surface area contributed by atoms with E-state index in [1.54, 1.807) is 17.5 Å². The van der Waals surface area contributed by atoms with E-state index in [1.807, 2.05) is 18.2 Å². The lowest BCUT2D eigenvalue weighted by Crippen LogP contribution is -2.14. The van der Waals surface area contributed by atoms with Crippen LogP contribution in [0.15, 0.2) is 28.2 Å². The SMILES string of the molecule is NCCNc1nccc(-c2ccc(Br)s2)n1. The summed E-state index contributed by atoms with van der Waals surface area (Å²) >= 11 is 5.08. The summed E-state index contributed by atoms with van der Waals surface area (Å²) in [5, 5.41) is 3.06. The van der Waals surface area contributed by atoms with Crippen molar-refractivity contribution in [3.8, 4) is 10.6 Å². The van der Waals surface area contributed by atoms with Crippen LogP contribution in [0.3, 0.4) is 0 Å². The monoisotopic (exact) mass is 298 g/mol. The smallest absolute Gasteiger partial charge is 0.223 e. The zero-order valence-electron chi connectivity index (χ0n) is 8.48. The van der Waals surface area contributed by atoms with E-state index >= 15 is 0 Å². The maximum atomic E-state index is 5.41. The van der Waals surface area contributed by atoms with E-state index in [0.717, 1.165) is 14.4 Å². The van der Waals surface area contributed by atoms with E-state index in [-0.39, 0.29) is 0 Å². The Labute approximate surface area is 106 Å². The lowest BCUT2D eigenvalue weighted by Gasteiger charge is -2.03. The highest BCUT2D eigenvalue weighted by Crippen LogP contribution is 2.30. The third-order valence-corrected chi connectivity index (χ3v) is 3.55. The first kappa shape index (κ1) is 11.5. The second-order valence-electron chi connectivity index (χ2n) is 3.08. The molecule has 0 bridgehead atoms. The minimum absolute atomic E-state index is 0.568. The fraction of sp³-hybridized carbons (Fsp3) is 0.200. The first-order valence-electron chi connectivity index (χ1n) is 4.82. The largest absolute Gasteiger partial charge is 0.353 e. The average molecular weight is 299 g/mol. The summed E-state index contributed by atoms with van der Waals surface area (Å²) in [6.45, 7) is 1.25. The van der Waals surface area contributed by atoms with Crippen molar-refractivity contribution in [1.82, 2.24) is 9.97 Å². The van der Waals surface area contributed by atoms with Gasteiger partial charge < -0.3 is 11.1 Å². The van der Waals surface area contributed by atoms with Crippen LogP contribution in [-0.2, 0) is 0 Å². The van der Waals surface area contributed by atoms with Crippen LogP contribution in [0.1, 0.15) is 0 Å². The Morgan fingerprint density at radius 3 is 2.94 bits per heavy atom. The van der Waals surface area contributed by atoms with E-state index in [0.29, 0.717) is 19.0 Å². The molecule has 0 aromatic carbocycles. The summed E-state index contributed by atoms with van der Waals surface area (Å²) in [6.07, 6.45) is 1.74. The van der Waals surface area contributed by atoms with Gasteiger partial charge >= 0.3 is 0 Å². The van der Waals surface area contributed by atoms with Crippen molar-refractivity contribution in [3.05, 3.63) is 28.2 Å². The van der Waals surface area contributed by atoms with Gasteiger partial charge in [0.25, 0.3) is 0 Å². The predicted octanol–water partition coefficient (Wildman–Crippen LogP) is 2.34. The number of anilines is 1. The molecule has 16 heavy (non-hydrogen) atoms. The standard InChI is InChI=1S/C10H11BrN4S/c11-9-2-1-8(16-9)7-3-5-13-10(15-7)14-6-4-12/h1-3,5H,4,6,12H2,(H,13,14,15). The van der Waals surface area contributed by atoms with Crippen molar-refractivity contribution in [2.24, 2.45) is 5.73 Å². The summed E-state index contributed by atoms with van der Waals surface area (Å²) in [7, 11) is 0. The Bertz CT molecular complexity index is 471.